The number of amides is 1. The highest BCUT2D eigenvalue weighted by atomic mass is 16.2. The number of nitrogen functional groups attached to an aromatic ring is 1. The predicted molar refractivity (Wildman–Crippen MR) is 87.0 cm³/mol. The number of anilines is 1. The second kappa shape index (κ2) is 7.46. The van der Waals surface area contributed by atoms with Crippen LogP contribution in [0.25, 0.3) is 0 Å². The largest absolute Gasteiger partial charge is 0.398 e. The second-order valence-electron chi connectivity index (χ2n) is 5.68. The van der Waals surface area contributed by atoms with E-state index < -0.39 is 0 Å². The number of benzene rings is 1. The minimum Gasteiger partial charge on any atom is -0.398 e. The van der Waals surface area contributed by atoms with E-state index in [1.54, 1.807) is 0 Å². The molecule has 0 spiro atoms. The fourth-order valence-corrected chi connectivity index (χ4v) is 3.08. The van der Waals surface area contributed by atoms with Crippen LogP contribution in [0.5, 0.6) is 0 Å². The maximum absolute atomic E-state index is 12.0. The average molecular weight is 289 g/mol. The highest BCUT2D eigenvalue weighted by molar-refractivity contribution is 5.76. The molecule has 1 aromatic carbocycles. The predicted octanol–water partition coefficient (Wildman–Crippen LogP) is 2.28. The molecule has 1 heterocycles. The third kappa shape index (κ3) is 3.97. The van der Waals surface area contributed by atoms with Gasteiger partial charge >= 0.3 is 0 Å². The standard InChI is InChI=1S/C17H27N3O/c1-3-20(4-2)17(21)9-6-11-19-12-10-15-14(13-19)7-5-8-16(15)18/h5,7-8H,3-4,6,9-13,18H2,1-2H3. The van der Waals surface area contributed by atoms with E-state index in [2.05, 4.69) is 11.0 Å². The number of nitrogens with zero attached hydrogens (tertiary/aromatic N) is 2. The maximum atomic E-state index is 12.0. The first-order valence-electron chi connectivity index (χ1n) is 8.02. The van der Waals surface area contributed by atoms with Gasteiger partial charge in [0.25, 0.3) is 0 Å². The Labute approximate surface area is 127 Å². The Balaban J connectivity index is 1.80. The second-order valence-corrected chi connectivity index (χ2v) is 5.68. The summed E-state index contributed by atoms with van der Waals surface area (Å²) >= 11 is 0. The van der Waals surface area contributed by atoms with Crippen LogP contribution < -0.4 is 5.73 Å². The van der Waals surface area contributed by atoms with E-state index in [-0.39, 0.29) is 5.91 Å². The van der Waals surface area contributed by atoms with Crippen molar-refractivity contribution in [1.29, 1.82) is 0 Å². The summed E-state index contributed by atoms with van der Waals surface area (Å²) in [7, 11) is 0. The van der Waals surface area contributed by atoms with Gasteiger partial charge in [-0.15, -0.1) is 0 Å². The minimum atomic E-state index is 0.279. The van der Waals surface area contributed by atoms with Gasteiger partial charge in [0.05, 0.1) is 0 Å². The van der Waals surface area contributed by atoms with E-state index in [1.165, 1.54) is 11.1 Å². The van der Waals surface area contributed by atoms with Crippen LogP contribution in [0.4, 0.5) is 5.69 Å². The molecular weight excluding hydrogens is 262 g/mol. The van der Waals surface area contributed by atoms with Crippen molar-refractivity contribution >= 4 is 11.6 Å². The lowest BCUT2D eigenvalue weighted by Gasteiger charge is -2.29. The zero-order chi connectivity index (χ0) is 15.2. The summed E-state index contributed by atoms with van der Waals surface area (Å²) in [4.78, 5) is 16.3. The Kier molecular flexibility index (Phi) is 5.62. The van der Waals surface area contributed by atoms with Crippen molar-refractivity contribution in [1.82, 2.24) is 9.80 Å². The van der Waals surface area contributed by atoms with Crippen LogP contribution in [0.1, 0.15) is 37.8 Å². The molecule has 1 aliphatic rings. The molecule has 116 valence electrons. The van der Waals surface area contributed by atoms with Crippen molar-refractivity contribution in [2.75, 3.05) is 31.9 Å². The number of carbonyl (C=O) groups is 1. The molecule has 0 bridgehead atoms. The van der Waals surface area contributed by atoms with E-state index in [1.807, 2.05) is 30.9 Å². The Hall–Kier alpha value is -1.55. The molecule has 0 fully saturated rings. The molecule has 0 atom stereocenters. The first-order valence-corrected chi connectivity index (χ1v) is 8.02. The molecule has 0 aliphatic carbocycles. The lowest BCUT2D eigenvalue weighted by molar-refractivity contribution is -0.131. The lowest BCUT2D eigenvalue weighted by atomic mass is 9.98. The third-order valence-electron chi connectivity index (χ3n) is 4.36. The number of fused-ring (bicyclic) bond motifs is 1. The van der Waals surface area contributed by atoms with Gasteiger partial charge < -0.3 is 10.6 Å². The van der Waals surface area contributed by atoms with Crippen LogP contribution in [0.2, 0.25) is 0 Å². The summed E-state index contributed by atoms with van der Waals surface area (Å²) < 4.78 is 0. The zero-order valence-corrected chi connectivity index (χ0v) is 13.3. The highest BCUT2D eigenvalue weighted by Gasteiger charge is 2.18. The van der Waals surface area contributed by atoms with E-state index in [9.17, 15) is 4.79 Å². The average Bonchev–Trinajstić information content (AvgIpc) is 2.48. The topological polar surface area (TPSA) is 49.6 Å². The summed E-state index contributed by atoms with van der Waals surface area (Å²) in [5.74, 6) is 0.279. The fraction of sp³-hybridized carbons (Fsp3) is 0.588. The SMILES string of the molecule is CCN(CC)C(=O)CCCN1CCc2c(N)cccc2C1. The van der Waals surface area contributed by atoms with Gasteiger partial charge in [-0.05, 0) is 50.4 Å². The van der Waals surface area contributed by atoms with Gasteiger partial charge in [0.2, 0.25) is 5.91 Å². The molecule has 1 aliphatic heterocycles. The summed E-state index contributed by atoms with van der Waals surface area (Å²) in [6.45, 7) is 8.68. The Morgan fingerprint density at radius 1 is 1.33 bits per heavy atom. The van der Waals surface area contributed by atoms with Crippen LogP contribution >= 0.6 is 0 Å². The molecule has 21 heavy (non-hydrogen) atoms. The number of hydrogen-bond donors (Lipinski definition) is 1. The van der Waals surface area contributed by atoms with Gasteiger partial charge in [-0.2, -0.15) is 0 Å². The molecular formula is C17H27N3O. The van der Waals surface area contributed by atoms with Crippen molar-refractivity contribution < 1.29 is 4.79 Å². The van der Waals surface area contributed by atoms with Crippen molar-refractivity contribution in [2.45, 2.75) is 39.7 Å². The Morgan fingerprint density at radius 2 is 2.10 bits per heavy atom. The minimum absolute atomic E-state index is 0.279. The van der Waals surface area contributed by atoms with E-state index >= 15 is 0 Å². The molecule has 4 heteroatoms. The smallest absolute Gasteiger partial charge is 0.222 e. The van der Waals surface area contributed by atoms with Gasteiger partial charge in [-0.1, -0.05) is 12.1 Å². The van der Waals surface area contributed by atoms with Crippen molar-refractivity contribution in [3.63, 3.8) is 0 Å². The normalized spacial score (nSPS) is 14.8. The third-order valence-corrected chi connectivity index (χ3v) is 4.36. The van der Waals surface area contributed by atoms with Crippen LogP contribution in [0.15, 0.2) is 18.2 Å². The number of nitrogens with two attached hydrogens (primary N) is 1. The molecule has 2 N–H and O–H groups in total. The zero-order valence-electron chi connectivity index (χ0n) is 13.3. The van der Waals surface area contributed by atoms with Crippen LogP contribution in [-0.2, 0) is 17.8 Å². The molecule has 1 amide bonds. The van der Waals surface area contributed by atoms with Crippen LogP contribution in [0, 0.1) is 0 Å². The quantitative estimate of drug-likeness (QED) is 0.817. The molecule has 0 saturated carbocycles. The van der Waals surface area contributed by atoms with E-state index in [4.69, 9.17) is 5.73 Å². The van der Waals surface area contributed by atoms with Gasteiger partial charge in [0, 0.05) is 38.3 Å². The first-order chi connectivity index (χ1) is 10.2. The van der Waals surface area contributed by atoms with E-state index in [0.29, 0.717) is 6.42 Å². The number of rotatable bonds is 6. The van der Waals surface area contributed by atoms with Crippen LogP contribution in [-0.4, -0.2) is 41.9 Å². The van der Waals surface area contributed by atoms with Crippen LogP contribution in [0.3, 0.4) is 0 Å². The summed E-state index contributed by atoms with van der Waals surface area (Å²) in [6, 6.07) is 6.18. The summed E-state index contributed by atoms with van der Waals surface area (Å²) in [6.07, 6.45) is 2.61. The molecule has 0 radical (unpaired) electrons. The Bertz CT molecular complexity index is 483. The molecule has 0 saturated heterocycles. The highest BCUT2D eigenvalue weighted by Crippen LogP contribution is 2.24. The molecule has 0 aromatic heterocycles. The van der Waals surface area contributed by atoms with Gasteiger partial charge in [0.15, 0.2) is 0 Å². The fourth-order valence-electron chi connectivity index (χ4n) is 3.08. The monoisotopic (exact) mass is 289 g/mol. The molecule has 1 aromatic rings. The molecule has 0 unspecified atom stereocenters. The first kappa shape index (κ1) is 15.8. The van der Waals surface area contributed by atoms with Crippen molar-refractivity contribution in [3.8, 4) is 0 Å². The number of carbonyl (C=O) groups excluding carboxylic acids is 1. The van der Waals surface area contributed by atoms with Gasteiger partial charge in [0.1, 0.15) is 0 Å². The number of hydrogen-bond acceptors (Lipinski definition) is 3. The molecule has 4 nitrogen and oxygen atoms in total. The van der Waals surface area contributed by atoms with E-state index in [0.717, 1.165) is 51.3 Å². The Morgan fingerprint density at radius 3 is 2.81 bits per heavy atom. The van der Waals surface area contributed by atoms with Gasteiger partial charge in [-0.25, -0.2) is 0 Å². The lowest BCUT2D eigenvalue weighted by Crippen LogP contribution is -2.34. The maximum Gasteiger partial charge on any atom is 0.222 e. The summed E-state index contributed by atoms with van der Waals surface area (Å²) in [5.41, 5.74) is 9.60. The van der Waals surface area contributed by atoms with Crippen molar-refractivity contribution in [2.24, 2.45) is 0 Å². The molecule has 2 rings (SSSR count). The summed E-state index contributed by atoms with van der Waals surface area (Å²) in [5, 5.41) is 0. The van der Waals surface area contributed by atoms with Crippen molar-refractivity contribution in [3.05, 3.63) is 29.3 Å². The van der Waals surface area contributed by atoms with Gasteiger partial charge in [-0.3, -0.25) is 9.69 Å².